The second-order valence-electron chi connectivity index (χ2n) is 7.10. The van der Waals surface area contributed by atoms with Crippen LogP contribution in [-0.2, 0) is 6.54 Å². The second-order valence-corrected chi connectivity index (χ2v) is 7.10. The van der Waals surface area contributed by atoms with Gasteiger partial charge in [-0.2, -0.15) is 0 Å². The Morgan fingerprint density at radius 1 is 0.903 bits per heavy atom. The summed E-state index contributed by atoms with van der Waals surface area (Å²) in [5, 5.41) is 0.985. The summed E-state index contributed by atoms with van der Waals surface area (Å²) in [7, 11) is 0. The lowest BCUT2D eigenvalue weighted by molar-refractivity contribution is 0.0985. The number of hydrogen-bond donors (Lipinski definition) is 1. The quantitative estimate of drug-likeness (QED) is 0.484. The van der Waals surface area contributed by atoms with Crippen molar-refractivity contribution in [1.29, 1.82) is 0 Å². The Labute approximate surface area is 178 Å². The number of carbonyl (C=O) groups excluding carboxylic acids is 1. The Bertz CT molecular complexity index is 1400. The third kappa shape index (κ3) is 3.64. The topological polar surface area (TPSA) is 97.9 Å². The van der Waals surface area contributed by atoms with Gasteiger partial charge in [0.25, 0.3) is 5.91 Å². The van der Waals surface area contributed by atoms with Crippen molar-refractivity contribution in [2.24, 2.45) is 0 Å². The molecule has 150 valence electrons. The number of carbonyl (C=O) groups is 1. The SMILES string of the molecule is Nc1ccc2ccc(CN(C(=O)c3cccnc3)c3cccc4nccnc34)cc2n1. The van der Waals surface area contributed by atoms with E-state index < -0.39 is 0 Å². The lowest BCUT2D eigenvalue weighted by Crippen LogP contribution is -2.30. The fourth-order valence-corrected chi connectivity index (χ4v) is 3.57. The molecule has 0 fully saturated rings. The number of fused-ring (bicyclic) bond motifs is 2. The second kappa shape index (κ2) is 7.79. The molecule has 2 aromatic carbocycles. The Kier molecular flexibility index (Phi) is 4.68. The molecule has 0 unspecified atom stereocenters. The predicted molar refractivity (Wildman–Crippen MR) is 120 cm³/mol. The molecule has 0 aliphatic rings. The molecule has 0 aliphatic heterocycles. The number of para-hydroxylation sites is 1. The van der Waals surface area contributed by atoms with E-state index in [0.29, 0.717) is 29.1 Å². The van der Waals surface area contributed by atoms with E-state index in [4.69, 9.17) is 5.73 Å². The van der Waals surface area contributed by atoms with Crippen molar-refractivity contribution in [3.05, 3.63) is 96.6 Å². The minimum Gasteiger partial charge on any atom is -0.384 e. The largest absolute Gasteiger partial charge is 0.384 e. The van der Waals surface area contributed by atoms with E-state index in [1.165, 1.54) is 0 Å². The summed E-state index contributed by atoms with van der Waals surface area (Å²) < 4.78 is 0. The van der Waals surface area contributed by atoms with Gasteiger partial charge in [0, 0.05) is 30.2 Å². The maximum absolute atomic E-state index is 13.5. The van der Waals surface area contributed by atoms with Gasteiger partial charge in [-0.25, -0.2) is 4.98 Å². The van der Waals surface area contributed by atoms with Gasteiger partial charge >= 0.3 is 0 Å². The number of hydrogen-bond acceptors (Lipinski definition) is 6. The first-order valence-corrected chi connectivity index (χ1v) is 9.76. The third-order valence-electron chi connectivity index (χ3n) is 5.04. The van der Waals surface area contributed by atoms with Crippen molar-refractivity contribution in [2.45, 2.75) is 6.54 Å². The summed E-state index contributed by atoms with van der Waals surface area (Å²) in [6, 6.07) is 18.7. The summed E-state index contributed by atoms with van der Waals surface area (Å²) in [4.78, 5) is 32.6. The van der Waals surface area contributed by atoms with Crippen LogP contribution in [0.15, 0.2) is 85.5 Å². The summed E-state index contributed by atoms with van der Waals surface area (Å²) in [6.45, 7) is 0.329. The zero-order valence-electron chi connectivity index (χ0n) is 16.5. The van der Waals surface area contributed by atoms with E-state index in [0.717, 1.165) is 22.0 Å². The first-order chi connectivity index (χ1) is 15.2. The number of aromatic nitrogens is 4. The van der Waals surface area contributed by atoms with Gasteiger partial charge in [-0.05, 0) is 48.0 Å². The van der Waals surface area contributed by atoms with Gasteiger partial charge in [0.15, 0.2) is 0 Å². The normalized spacial score (nSPS) is 11.0. The first kappa shape index (κ1) is 18.6. The summed E-state index contributed by atoms with van der Waals surface area (Å²) >= 11 is 0. The van der Waals surface area contributed by atoms with Gasteiger partial charge in [-0.1, -0.05) is 18.2 Å². The molecule has 0 aliphatic carbocycles. The number of nitrogens with zero attached hydrogens (tertiary/aromatic N) is 5. The molecular weight excluding hydrogens is 388 g/mol. The fraction of sp³-hybridized carbons (Fsp3) is 0.0417. The Hall–Kier alpha value is -4.39. The number of nitrogen functional groups attached to an aromatic ring is 1. The highest BCUT2D eigenvalue weighted by Gasteiger charge is 2.21. The van der Waals surface area contributed by atoms with Gasteiger partial charge in [0.1, 0.15) is 11.3 Å². The minimum absolute atomic E-state index is 0.174. The Morgan fingerprint density at radius 3 is 2.65 bits per heavy atom. The van der Waals surface area contributed by atoms with E-state index in [9.17, 15) is 4.79 Å². The van der Waals surface area contributed by atoms with E-state index in [1.54, 1.807) is 47.9 Å². The van der Waals surface area contributed by atoms with Gasteiger partial charge in [-0.3, -0.25) is 19.7 Å². The molecule has 1 amide bonds. The molecule has 0 spiro atoms. The third-order valence-corrected chi connectivity index (χ3v) is 5.04. The van der Waals surface area contributed by atoms with Crippen molar-refractivity contribution in [2.75, 3.05) is 10.6 Å². The van der Waals surface area contributed by atoms with Crippen LogP contribution in [0.5, 0.6) is 0 Å². The Balaban J connectivity index is 1.63. The lowest BCUT2D eigenvalue weighted by Gasteiger charge is -2.24. The maximum atomic E-state index is 13.5. The molecule has 5 rings (SSSR count). The van der Waals surface area contributed by atoms with Crippen molar-refractivity contribution >= 4 is 39.3 Å². The zero-order chi connectivity index (χ0) is 21.2. The highest BCUT2D eigenvalue weighted by Crippen LogP contribution is 2.27. The van der Waals surface area contributed by atoms with Gasteiger partial charge < -0.3 is 10.6 Å². The molecule has 0 saturated carbocycles. The van der Waals surface area contributed by atoms with Crippen LogP contribution in [0.2, 0.25) is 0 Å². The molecule has 0 radical (unpaired) electrons. The molecule has 0 atom stereocenters. The number of rotatable bonds is 4. The van der Waals surface area contributed by atoms with E-state index in [2.05, 4.69) is 19.9 Å². The monoisotopic (exact) mass is 406 g/mol. The molecule has 5 aromatic rings. The molecule has 0 bridgehead atoms. The van der Waals surface area contributed by atoms with Crippen LogP contribution in [0.3, 0.4) is 0 Å². The average molecular weight is 406 g/mol. The molecule has 0 saturated heterocycles. The van der Waals surface area contributed by atoms with E-state index in [-0.39, 0.29) is 5.91 Å². The maximum Gasteiger partial charge on any atom is 0.260 e. The number of amides is 1. The van der Waals surface area contributed by atoms with Crippen molar-refractivity contribution in [3.8, 4) is 0 Å². The van der Waals surface area contributed by atoms with Crippen LogP contribution in [0.25, 0.3) is 21.9 Å². The highest BCUT2D eigenvalue weighted by atomic mass is 16.2. The number of anilines is 2. The average Bonchev–Trinajstić information content (AvgIpc) is 2.82. The number of pyridine rings is 2. The van der Waals surface area contributed by atoms with Crippen LogP contribution in [0, 0.1) is 0 Å². The van der Waals surface area contributed by atoms with Crippen LogP contribution in [0.4, 0.5) is 11.5 Å². The fourth-order valence-electron chi connectivity index (χ4n) is 3.57. The number of nitrogens with two attached hydrogens (primary N) is 1. The summed E-state index contributed by atoms with van der Waals surface area (Å²) in [6.07, 6.45) is 6.47. The van der Waals surface area contributed by atoms with Crippen molar-refractivity contribution in [3.63, 3.8) is 0 Å². The van der Waals surface area contributed by atoms with E-state index in [1.807, 2.05) is 42.5 Å². The molecule has 7 heteroatoms. The lowest BCUT2D eigenvalue weighted by atomic mass is 10.1. The summed E-state index contributed by atoms with van der Waals surface area (Å²) in [5.41, 5.74) is 10.1. The molecule has 7 nitrogen and oxygen atoms in total. The van der Waals surface area contributed by atoms with Gasteiger partial charge in [0.05, 0.1) is 28.8 Å². The highest BCUT2D eigenvalue weighted by molar-refractivity contribution is 6.09. The van der Waals surface area contributed by atoms with E-state index >= 15 is 0 Å². The minimum atomic E-state index is -0.174. The van der Waals surface area contributed by atoms with Crippen LogP contribution in [0.1, 0.15) is 15.9 Å². The van der Waals surface area contributed by atoms with Crippen molar-refractivity contribution < 1.29 is 4.79 Å². The summed E-state index contributed by atoms with van der Waals surface area (Å²) in [5.74, 6) is 0.282. The standard InChI is InChI=1S/C24H18N6O/c25-22-9-8-17-7-6-16(13-20(17)29-22)15-30(24(31)18-3-2-10-26-14-18)21-5-1-4-19-23(21)28-12-11-27-19/h1-14H,15H2,(H2,25,29). The van der Waals surface area contributed by atoms with Crippen LogP contribution in [-0.4, -0.2) is 25.8 Å². The zero-order valence-corrected chi connectivity index (χ0v) is 16.5. The molecule has 2 N–H and O–H groups in total. The van der Waals surface area contributed by atoms with Crippen molar-refractivity contribution in [1.82, 2.24) is 19.9 Å². The Morgan fingerprint density at radius 2 is 1.77 bits per heavy atom. The van der Waals surface area contributed by atoms with Gasteiger partial charge in [0.2, 0.25) is 0 Å². The van der Waals surface area contributed by atoms with Crippen LogP contribution < -0.4 is 10.6 Å². The number of benzene rings is 2. The molecule has 31 heavy (non-hydrogen) atoms. The molecular formula is C24H18N6O. The first-order valence-electron chi connectivity index (χ1n) is 9.76. The predicted octanol–water partition coefficient (Wildman–Crippen LogP) is 4.00. The molecule has 3 aromatic heterocycles. The van der Waals surface area contributed by atoms with Crippen LogP contribution >= 0.6 is 0 Å². The smallest absolute Gasteiger partial charge is 0.260 e. The molecule has 3 heterocycles. The van der Waals surface area contributed by atoms with Gasteiger partial charge in [-0.15, -0.1) is 0 Å².